The first kappa shape index (κ1) is 21.3. The third-order valence-corrected chi connectivity index (χ3v) is 4.39. The van der Waals surface area contributed by atoms with Crippen molar-refractivity contribution in [2.75, 3.05) is 14.2 Å². The summed E-state index contributed by atoms with van der Waals surface area (Å²) in [6, 6.07) is 4.28. The molecule has 8 nitrogen and oxygen atoms in total. The van der Waals surface area contributed by atoms with Crippen molar-refractivity contribution < 1.29 is 24.2 Å². The number of ether oxygens (including phenoxy) is 2. The molecule has 0 aliphatic rings. The standard InChI is InChI=1S/C20H27N3O5/c1-12(2)11-23-13(3)16(10-21-23)20(26)22-17(9-19(24)25)15-7-6-14(27-4)8-18(15)28-5/h6-8,10,12,17H,9,11H2,1-5H3,(H,22,26)(H,24,25). The highest BCUT2D eigenvalue weighted by Crippen LogP contribution is 2.31. The summed E-state index contributed by atoms with van der Waals surface area (Å²) < 4.78 is 12.3. The van der Waals surface area contributed by atoms with Gasteiger partial charge in [-0.1, -0.05) is 13.8 Å². The molecule has 8 heteroatoms. The second-order valence-electron chi connectivity index (χ2n) is 6.95. The van der Waals surface area contributed by atoms with Crippen LogP contribution in [0.3, 0.4) is 0 Å². The zero-order chi connectivity index (χ0) is 20.8. The van der Waals surface area contributed by atoms with E-state index in [1.54, 1.807) is 22.9 Å². The third-order valence-electron chi connectivity index (χ3n) is 4.39. The number of nitrogens with one attached hydrogen (secondary N) is 1. The van der Waals surface area contributed by atoms with Gasteiger partial charge in [0.1, 0.15) is 11.5 Å². The molecule has 0 spiro atoms. The SMILES string of the molecule is COc1ccc(C(CC(=O)O)NC(=O)c2cnn(CC(C)C)c2C)c(OC)c1. The van der Waals surface area contributed by atoms with Gasteiger partial charge in [-0.05, 0) is 25.0 Å². The smallest absolute Gasteiger partial charge is 0.305 e. The number of methoxy groups -OCH3 is 2. The number of benzene rings is 1. The Morgan fingerprint density at radius 1 is 1.25 bits per heavy atom. The predicted octanol–water partition coefficient (Wildman–Crippen LogP) is 2.81. The molecule has 28 heavy (non-hydrogen) atoms. The van der Waals surface area contributed by atoms with Crippen molar-refractivity contribution in [3.8, 4) is 11.5 Å². The fourth-order valence-corrected chi connectivity index (χ4v) is 2.96. The highest BCUT2D eigenvalue weighted by molar-refractivity contribution is 5.95. The first-order valence-corrected chi connectivity index (χ1v) is 9.03. The summed E-state index contributed by atoms with van der Waals surface area (Å²) in [6.45, 7) is 6.66. The van der Waals surface area contributed by atoms with E-state index in [0.29, 0.717) is 35.1 Å². The maximum absolute atomic E-state index is 12.8. The van der Waals surface area contributed by atoms with Crippen LogP contribution >= 0.6 is 0 Å². The summed E-state index contributed by atoms with van der Waals surface area (Å²) in [5.74, 6) is -0.00483. The highest BCUT2D eigenvalue weighted by Gasteiger charge is 2.24. The van der Waals surface area contributed by atoms with Crippen molar-refractivity contribution >= 4 is 11.9 Å². The summed E-state index contributed by atoms with van der Waals surface area (Å²) in [5, 5.41) is 16.4. The van der Waals surface area contributed by atoms with Crippen molar-refractivity contribution in [2.45, 2.75) is 39.8 Å². The van der Waals surface area contributed by atoms with Crippen LogP contribution in [0.5, 0.6) is 11.5 Å². The van der Waals surface area contributed by atoms with Gasteiger partial charge in [0.2, 0.25) is 0 Å². The van der Waals surface area contributed by atoms with Crippen LogP contribution < -0.4 is 14.8 Å². The lowest BCUT2D eigenvalue weighted by Gasteiger charge is -2.20. The number of hydrogen-bond acceptors (Lipinski definition) is 5. The number of hydrogen-bond donors (Lipinski definition) is 2. The normalized spacial score (nSPS) is 11.9. The molecule has 0 aliphatic heterocycles. The van der Waals surface area contributed by atoms with Gasteiger partial charge >= 0.3 is 5.97 Å². The molecule has 1 atom stereocenters. The number of nitrogens with zero attached hydrogens (tertiary/aromatic N) is 2. The van der Waals surface area contributed by atoms with Crippen molar-refractivity contribution in [3.63, 3.8) is 0 Å². The second kappa shape index (κ2) is 9.25. The summed E-state index contributed by atoms with van der Waals surface area (Å²) in [4.78, 5) is 24.2. The average Bonchev–Trinajstić information content (AvgIpc) is 3.00. The first-order valence-electron chi connectivity index (χ1n) is 9.03. The van der Waals surface area contributed by atoms with E-state index < -0.39 is 12.0 Å². The van der Waals surface area contributed by atoms with E-state index in [0.717, 1.165) is 5.69 Å². The zero-order valence-electron chi connectivity index (χ0n) is 16.9. The van der Waals surface area contributed by atoms with E-state index in [4.69, 9.17) is 9.47 Å². The topological polar surface area (TPSA) is 103 Å². The summed E-state index contributed by atoms with van der Waals surface area (Å²) >= 11 is 0. The fourth-order valence-electron chi connectivity index (χ4n) is 2.96. The van der Waals surface area contributed by atoms with Gasteiger partial charge in [-0.25, -0.2) is 0 Å². The van der Waals surface area contributed by atoms with E-state index >= 15 is 0 Å². The van der Waals surface area contributed by atoms with E-state index in [2.05, 4.69) is 24.3 Å². The maximum atomic E-state index is 12.8. The Balaban J connectivity index is 2.31. The maximum Gasteiger partial charge on any atom is 0.305 e. The van der Waals surface area contributed by atoms with E-state index in [1.807, 2.05) is 6.92 Å². The van der Waals surface area contributed by atoms with Gasteiger partial charge in [0, 0.05) is 23.9 Å². The summed E-state index contributed by atoms with van der Waals surface area (Å²) in [5.41, 5.74) is 1.72. The zero-order valence-corrected chi connectivity index (χ0v) is 16.9. The number of aliphatic carboxylic acids is 1. The molecule has 2 aromatic rings. The number of carbonyl (C=O) groups excluding carboxylic acids is 1. The predicted molar refractivity (Wildman–Crippen MR) is 104 cm³/mol. The van der Waals surface area contributed by atoms with Crippen LogP contribution in [0.4, 0.5) is 0 Å². The lowest BCUT2D eigenvalue weighted by Crippen LogP contribution is -2.31. The molecule has 2 N–H and O–H groups in total. The number of amides is 1. The molecule has 1 aromatic heterocycles. The molecule has 152 valence electrons. The van der Waals surface area contributed by atoms with Crippen molar-refractivity contribution in [1.82, 2.24) is 15.1 Å². The lowest BCUT2D eigenvalue weighted by atomic mass is 10.0. The fraction of sp³-hybridized carbons (Fsp3) is 0.450. The van der Waals surface area contributed by atoms with E-state index in [-0.39, 0.29) is 12.3 Å². The van der Waals surface area contributed by atoms with Crippen molar-refractivity contribution in [1.29, 1.82) is 0 Å². The van der Waals surface area contributed by atoms with E-state index in [9.17, 15) is 14.7 Å². The average molecular weight is 389 g/mol. The van der Waals surface area contributed by atoms with Gasteiger partial charge in [-0.2, -0.15) is 5.10 Å². The Bertz CT molecular complexity index is 844. The molecule has 1 unspecified atom stereocenters. The molecule has 2 rings (SSSR count). The largest absolute Gasteiger partial charge is 0.497 e. The van der Waals surface area contributed by atoms with Crippen LogP contribution in [0.2, 0.25) is 0 Å². The summed E-state index contributed by atoms with van der Waals surface area (Å²) in [7, 11) is 3.01. The second-order valence-corrected chi connectivity index (χ2v) is 6.95. The lowest BCUT2D eigenvalue weighted by molar-refractivity contribution is -0.137. The quantitative estimate of drug-likeness (QED) is 0.684. The van der Waals surface area contributed by atoms with Gasteiger partial charge in [0.05, 0.1) is 38.4 Å². The number of carboxylic acids is 1. The molecule has 0 saturated heterocycles. The molecule has 1 heterocycles. The molecule has 0 saturated carbocycles. The number of carboxylic acid groups (broad SMARTS) is 1. The molecular formula is C20H27N3O5. The molecule has 0 fully saturated rings. The molecular weight excluding hydrogens is 362 g/mol. The van der Waals surface area contributed by atoms with Crippen LogP contribution in [-0.4, -0.2) is 41.0 Å². The van der Waals surface area contributed by atoms with Crippen molar-refractivity contribution in [3.05, 3.63) is 41.2 Å². The molecule has 0 radical (unpaired) electrons. The Morgan fingerprint density at radius 2 is 1.96 bits per heavy atom. The molecule has 1 aromatic carbocycles. The van der Waals surface area contributed by atoms with Crippen LogP contribution in [0.15, 0.2) is 24.4 Å². The number of carbonyl (C=O) groups is 2. The first-order chi connectivity index (χ1) is 13.3. The number of rotatable bonds is 9. The molecule has 0 aliphatic carbocycles. The Kier molecular flexibility index (Phi) is 7.03. The Hall–Kier alpha value is -3.03. The van der Waals surface area contributed by atoms with Gasteiger partial charge in [-0.3, -0.25) is 14.3 Å². The third kappa shape index (κ3) is 5.03. The van der Waals surface area contributed by atoms with E-state index in [1.165, 1.54) is 20.4 Å². The minimum Gasteiger partial charge on any atom is -0.497 e. The monoisotopic (exact) mass is 389 g/mol. The Morgan fingerprint density at radius 3 is 2.54 bits per heavy atom. The van der Waals surface area contributed by atoms with Gasteiger partial charge in [-0.15, -0.1) is 0 Å². The minimum atomic E-state index is -1.03. The minimum absolute atomic E-state index is 0.284. The van der Waals surface area contributed by atoms with Crippen LogP contribution in [0, 0.1) is 12.8 Å². The van der Waals surface area contributed by atoms with Crippen molar-refractivity contribution in [2.24, 2.45) is 5.92 Å². The molecule has 1 amide bonds. The van der Waals surface area contributed by atoms with Gasteiger partial charge < -0.3 is 19.9 Å². The number of aromatic nitrogens is 2. The highest BCUT2D eigenvalue weighted by atomic mass is 16.5. The Labute approximate surface area is 164 Å². The van der Waals surface area contributed by atoms with Gasteiger partial charge in [0.25, 0.3) is 5.91 Å². The van der Waals surface area contributed by atoms with Crippen LogP contribution in [0.25, 0.3) is 0 Å². The van der Waals surface area contributed by atoms with Gasteiger partial charge in [0.15, 0.2) is 0 Å². The molecule has 0 bridgehead atoms. The summed E-state index contributed by atoms with van der Waals surface area (Å²) in [6.07, 6.45) is 1.23. The van der Waals surface area contributed by atoms with Crippen LogP contribution in [-0.2, 0) is 11.3 Å². The van der Waals surface area contributed by atoms with Crippen LogP contribution in [0.1, 0.15) is 47.9 Å².